The van der Waals surface area contributed by atoms with Crippen LogP contribution in [0.25, 0.3) is 0 Å². The molecule has 0 spiro atoms. The van der Waals surface area contributed by atoms with Gasteiger partial charge in [-0.1, -0.05) is 35.3 Å². The van der Waals surface area contributed by atoms with E-state index in [0.29, 0.717) is 30.0 Å². The van der Waals surface area contributed by atoms with Gasteiger partial charge in [-0.2, -0.15) is 9.57 Å². The lowest BCUT2D eigenvalue weighted by Crippen LogP contribution is -2.43. The normalized spacial score (nSPS) is 15.5. The molecule has 0 aliphatic carbocycles. The minimum Gasteiger partial charge on any atom is -0.341 e. The van der Waals surface area contributed by atoms with Gasteiger partial charge in [-0.3, -0.25) is 4.79 Å². The summed E-state index contributed by atoms with van der Waals surface area (Å²) in [5, 5.41) is 9.30. The van der Waals surface area contributed by atoms with Crippen molar-refractivity contribution in [3.05, 3.63) is 63.6 Å². The van der Waals surface area contributed by atoms with E-state index in [-0.39, 0.29) is 34.8 Å². The molecule has 6 nitrogen and oxygen atoms in total. The third-order valence-corrected chi connectivity index (χ3v) is 7.81. The van der Waals surface area contributed by atoms with E-state index in [1.54, 1.807) is 24.1 Å². The van der Waals surface area contributed by atoms with Gasteiger partial charge in [0.15, 0.2) is 0 Å². The van der Waals surface area contributed by atoms with Crippen LogP contribution in [0.4, 0.5) is 0 Å². The average molecular weight is 466 g/mol. The summed E-state index contributed by atoms with van der Waals surface area (Å²) in [6.45, 7) is 0.916. The molecule has 158 valence electrons. The molecule has 0 atom stereocenters. The maximum absolute atomic E-state index is 12.9. The van der Waals surface area contributed by atoms with Crippen molar-refractivity contribution in [3.63, 3.8) is 0 Å². The van der Waals surface area contributed by atoms with Crippen LogP contribution in [0, 0.1) is 17.2 Å². The highest BCUT2D eigenvalue weighted by atomic mass is 35.5. The molecule has 1 aliphatic heterocycles. The third-order valence-electron chi connectivity index (χ3n) is 5.19. The first-order valence-corrected chi connectivity index (χ1v) is 11.6. The number of hydrogen-bond acceptors (Lipinski definition) is 4. The maximum atomic E-state index is 12.9. The molecule has 0 radical (unpaired) electrons. The number of sulfonamides is 1. The summed E-state index contributed by atoms with van der Waals surface area (Å²) in [6.07, 6.45) is 0.877. The zero-order valence-corrected chi connectivity index (χ0v) is 18.7. The Balaban J connectivity index is 1.62. The molecule has 1 amide bonds. The Morgan fingerprint density at radius 2 is 1.80 bits per heavy atom. The fraction of sp³-hybridized carbons (Fsp3) is 0.333. The molecule has 0 unspecified atom stereocenters. The summed E-state index contributed by atoms with van der Waals surface area (Å²) in [5.41, 5.74) is 1.50. The summed E-state index contributed by atoms with van der Waals surface area (Å²) >= 11 is 12.0. The minimum atomic E-state index is -3.77. The number of rotatable bonds is 5. The molecule has 1 fully saturated rings. The predicted molar refractivity (Wildman–Crippen MR) is 116 cm³/mol. The van der Waals surface area contributed by atoms with Crippen LogP contribution in [0.3, 0.4) is 0 Å². The molecule has 2 aromatic rings. The lowest BCUT2D eigenvalue weighted by molar-refractivity contribution is -0.135. The van der Waals surface area contributed by atoms with Gasteiger partial charge < -0.3 is 4.90 Å². The Hall–Kier alpha value is -2.11. The first-order chi connectivity index (χ1) is 14.2. The van der Waals surface area contributed by atoms with Gasteiger partial charge in [0, 0.05) is 37.6 Å². The van der Waals surface area contributed by atoms with Gasteiger partial charge in [-0.25, -0.2) is 8.42 Å². The third kappa shape index (κ3) is 4.96. The molecule has 0 aromatic heterocycles. The smallest absolute Gasteiger partial charge is 0.244 e. The molecular formula is C21H21Cl2N3O3S. The van der Waals surface area contributed by atoms with Crippen molar-refractivity contribution in [1.29, 1.82) is 5.26 Å². The molecule has 30 heavy (non-hydrogen) atoms. The van der Waals surface area contributed by atoms with Crippen LogP contribution in [-0.2, 0) is 21.4 Å². The second-order valence-electron chi connectivity index (χ2n) is 7.26. The molecule has 1 saturated heterocycles. The van der Waals surface area contributed by atoms with Crippen LogP contribution >= 0.6 is 23.2 Å². The van der Waals surface area contributed by atoms with Gasteiger partial charge in [0.2, 0.25) is 15.9 Å². The van der Waals surface area contributed by atoms with Crippen LogP contribution in [0.2, 0.25) is 10.0 Å². The number of piperidine rings is 1. The number of carbonyl (C=O) groups is 1. The Labute approximate surface area is 186 Å². The second kappa shape index (κ2) is 9.36. The Morgan fingerprint density at radius 1 is 1.17 bits per heavy atom. The number of amides is 1. The first-order valence-electron chi connectivity index (χ1n) is 9.41. The van der Waals surface area contributed by atoms with E-state index >= 15 is 0 Å². The van der Waals surface area contributed by atoms with E-state index in [0.717, 1.165) is 5.56 Å². The first kappa shape index (κ1) is 22.6. The fourth-order valence-electron chi connectivity index (χ4n) is 3.51. The van der Waals surface area contributed by atoms with E-state index in [4.69, 9.17) is 28.5 Å². The van der Waals surface area contributed by atoms with Crippen LogP contribution < -0.4 is 0 Å². The topological polar surface area (TPSA) is 81.5 Å². The number of carbonyl (C=O) groups excluding carboxylic acids is 1. The van der Waals surface area contributed by atoms with Gasteiger partial charge in [0.05, 0.1) is 16.7 Å². The number of nitrogens with zero attached hydrogens (tertiary/aromatic N) is 3. The van der Waals surface area contributed by atoms with Crippen LogP contribution in [0.1, 0.15) is 24.0 Å². The number of benzene rings is 2. The summed E-state index contributed by atoms with van der Waals surface area (Å²) in [5.74, 6) is -0.258. The minimum absolute atomic E-state index is 0.0145. The molecule has 0 N–H and O–H groups in total. The molecule has 9 heteroatoms. The molecule has 1 heterocycles. The van der Waals surface area contributed by atoms with Crippen molar-refractivity contribution in [2.45, 2.75) is 24.3 Å². The van der Waals surface area contributed by atoms with Gasteiger partial charge in [0.25, 0.3) is 0 Å². The standard InChI is InChI=1S/C21H21Cl2N3O3S/c1-25(14-16-4-2-15(13-24)3-5-16)21(27)17-8-10-26(11-9-17)30(28,29)20-12-18(22)6-7-19(20)23/h2-7,12,17H,8-11,14H2,1H3. The zero-order chi connectivity index (χ0) is 21.9. The van der Waals surface area contributed by atoms with Crippen molar-refractivity contribution < 1.29 is 13.2 Å². The molecule has 0 bridgehead atoms. The molecule has 0 saturated carbocycles. The van der Waals surface area contributed by atoms with Gasteiger partial charge in [-0.05, 0) is 48.7 Å². The second-order valence-corrected chi connectivity index (χ2v) is 10.0. The van der Waals surface area contributed by atoms with Crippen molar-refractivity contribution in [3.8, 4) is 6.07 Å². The number of nitriles is 1. The van der Waals surface area contributed by atoms with E-state index in [9.17, 15) is 13.2 Å². The summed E-state index contributed by atoms with van der Waals surface area (Å²) in [7, 11) is -2.04. The maximum Gasteiger partial charge on any atom is 0.244 e. The fourth-order valence-corrected chi connectivity index (χ4v) is 5.71. The lowest BCUT2D eigenvalue weighted by Gasteiger charge is -2.32. The quantitative estimate of drug-likeness (QED) is 0.669. The highest BCUT2D eigenvalue weighted by molar-refractivity contribution is 7.89. The number of hydrogen-bond donors (Lipinski definition) is 0. The monoisotopic (exact) mass is 465 g/mol. The van der Waals surface area contributed by atoms with Crippen LogP contribution in [0.15, 0.2) is 47.4 Å². The highest BCUT2D eigenvalue weighted by Gasteiger charge is 2.34. The van der Waals surface area contributed by atoms with E-state index in [2.05, 4.69) is 6.07 Å². The van der Waals surface area contributed by atoms with Crippen molar-refractivity contribution in [2.24, 2.45) is 5.92 Å². The SMILES string of the molecule is CN(Cc1ccc(C#N)cc1)C(=O)C1CCN(S(=O)(=O)c2cc(Cl)ccc2Cl)CC1. The Bertz CT molecular complexity index is 1070. The van der Waals surface area contributed by atoms with Crippen molar-refractivity contribution in [1.82, 2.24) is 9.21 Å². The lowest BCUT2D eigenvalue weighted by atomic mass is 9.96. The molecule has 2 aromatic carbocycles. The van der Waals surface area contributed by atoms with Gasteiger partial charge in [-0.15, -0.1) is 0 Å². The average Bonchev–Trinajstić information content (AvgIpc) is 2.75. The molecule has 1 aliphatic rings. The van der Waals surface area contributed by atoms with Crippen molar-refractivity contribution in [2.75, 3.05) is 20.1 Å². The molecular weight excluding hydrogens is 445 g/mol. The van der Waals surface area contributed by atoms with E-state index in [1.165, 1.54) is 22.5 Å². The predicted octanol–water partition coefficient (Wildman–Crippen LogP) is 3.92. The Kier molecular flexibility index (Phi) is 7.04. The van der Waals surface area contributed by atoms with Crippen molar-refractivity contribution >= 4 is 39.1 Å². The van der Waals surface area contributed by atoms with Crippen LogP contribution in [-0.4, -0.2) is 43.7 Å². The van der Waals surface area contributed by atoms with Crippen LogP contribution in [0.5, 0.6) is 0 Å². The summed E-state index contributed by atoms with van der Waals surface area (Å²) in [4.78, 5) is 14.4. The van der Waals surface area contributed by atoms with E-state index in [1.807, 2.05) is 12.1 Å². The number of halogens is 2. The van der Waals surface area contributed by atoms with Gasteiger partial charge in [0.1, 0.15) is 4.90 Å². The summed E-state index contributed by atoms with van der Waals surface area (Å²) < 4.78 is 27.2. The Morgan fingerprint density at radius 3 is 2.40 bits per heavy atom. The van der Waals surface area contributed by atoms with E-state index < -0.39 is 10.0 Å². The van der Waals surface area contributed by atoms with Gasteiger partial charge >= 0.3 is 0 Å². The summed E-state index contributed by atoms with van der Waals surface area (Å²) in [6, 6.07) is 13.5. The highest BCUT2D eigenvalue weighted by Crippen LogP contribution is 2.30. The largest absolute Gasteiger partial charge is 0.341 e. The molecule has 3 rings (SSSR count). The zero-order valence-electron chi connectivity index (χ0n) is 16.4.